The van der Waals surface area contributed by atoms with Crippen molar-refractivity contribution in [3.8, 4) is 11.3 Å². The molecule has 34 heavy (non-hydrogen) atoms. The summed E-state index contributed by atoms with van der Waals surface area (Å²) >= 11 is 5.77. The van der Waals surface area contributed by atoms with Crippen LogP contribution in [0.5, 0.6) is 0 Å². The Morgan fingerprint density at radius 3 is 2.59 bits per heavy atom. The van der Waals surface area contributed by atoms with Gasteiger partial charge in [-0.05, 0) is 73.2 Å². The summed E-state index contributed by atoms with van der Waals surface area (Å²) in [6.45, 7) is 2.06. The Bertz CT molecular complexity index is 1330. The molecule has 2 aromatic heterocycles. The number of aryl methyl sites for hydroxylation is 1. The lowest BCUT2D eigenvalue weighted by Crippen LogP contribution is -2.29. The molecule has 4 aromatic rings. The molecule has 1 aliphatic heterocycles. The van der Waals surface area contributed by atoms with E-state index in [-0.39, 0.29) is 18.1 Å². The van der Waals surface area contributed by atoms with Crippen LogP contribution in [0, 0.1) is 6.92 Å². The molecule has 2 atom stereocenters. The summed E-state index contributed by atoms with van der Waals surface area (Å²) < 4.78 is 11.2. The van der Waals surface area contributed by atoms with Gasteiger partial charge in [-0.15, -0.1) is 0 Å². The number of anilines is 1. The standard InChI is InChI=1S/C27H23N3O3S/c1-17-6-5-7-20(16-17)30-25(24(29-27(30)34)21-8-3-4-15-28-21)23-14-13-22(33-23)18-9-11-19(12-10-18)26(31)32-2/h3-16,24-25H,1-2H3,(H,29,34)/t24-,25+/m1/s1. The van der Waals surface area contributed by atoms with Crippen molar-refractivity contribution in [1.29, 1.82) is 0 Å². The third-order valence-corrected chi connectivity index (χ3v) is 6.20. The van der Waals surface area contributed by atoms with Gasteiger partial charge in [0.2, 0.25) is 0 Å². The number of benzene rings is 2. The lowest BCUT2D eigenvalue weighted by molar-refractivity contribution is 0.0600. The molecule has 7 heteroatoms. The van der Waals surface area contributed by atoms with Crippen molar-refractivity contribution in [3.63, 3.8) is 0 Å². The van der Waals surface area contributed by atoms with Crippen LogP contribution in [0.15, 0.2) is 89.5 Å². The van der Waals surface area contributed by atoms with Crippen LogP contribution in [0.1, 0.15) is 39.5 Å². The number of pyridine rings is 1. The lowest BCUT2D eigenvalue weighted by Gasteiger charge is -2.26. The zero-order chi connectivity index (χ0) is 23.7. The Kier molecular flexibility index (Phi) is 5.86. The van der Waals surface area contributed by atoms with E-state index in [9.17, 15) is 4.79 Å². The van der Waals surface area contributed by atoms with Crippen molar-refractivity contribution >= 4 is 29.0 Å². The molecule has 3 heterocycles. The van der Waals surface area contributed by atoms with Gasteiger partial charge in [0, 0.05) is 17.4 Å². The number of ether oxygens (including phenoxy) is 1. The van der Waals surface area contributed by atoms with E-state index in [1.165, 1.54) is 7.11 Å². The van der Waals surface area contributed by atoms with Crippen LogP contribution in [0.4, 0.5) is 5.69 Å². The molecule has 1 N–H and O–H groups in total. The maximum atomic E-state index is 11.8. The van der Waals surface area contributed by atoms with Gasteiger partial charge in [0.1, 0.15) is 17.6 Å². The number of carbonyl (C=O) groups is 1. The topological polar surface area (TPSA) is 67.6 Å². The SMILES string of the molecule is COC(=O)c1ccc(-c2ccc([C@H]3[C@@H](c4ccccn4)NC(=S)N3c3cccc(C)c3)o2)cc1. The summed E-state index contributed by atoms with van der Waals surface area (Å²) in [6, 6.07) is 24.7. The van der Waals surface area contributed by atoms with Crippen LogP contribution in [0.25, 0.3) is 11.3 Å². The highest BCUT2D eigenvalue weighted by Gasteiger charge is 2.42. The van der Waals surface area contributed by atoms with E-state index in [0.717, 1.165) is 28.3 Å². The molecule has 0 radical (unpaired) electrons. The molecule has 0 unspecified atom stereocenters. The fourth-order valence-corrected chi connectivity index (χ4v) is 4.60. The zero-order valence-corrected chi connectivity index (χ0v) is 19.6. The van der Waals surface area contributed by atoms with Crippen molar-refractivity contribution in [2.45, 2.75) is 19.0 Å². The fourth-order valence-electron chi connectivity index (χ4n) is 4.26. The Balaban J connectivity index is 1.55. The van der Waals surface area contributed by atoms with Crippen molar-refractivity contribution in [2.75, 3.05) is 12.0 Å². The van der Waals surface area contributed by atoms with Gasteiger partial charge in [-0.2, -0.15) is 0 Å². The van der Waals surface area contributed by atoms with E-state index < -0.39 is 0 Å². The minimum absolute atomic E-state index is 0.185. The number of nitrogens with zero attached hydrogens (tertiary/aromatic N) is 2. The third kappa shape index (κ3) is 4.06. The Labute approximate surface area is 203 Å². The van der Waals surface area contributed by atoms with Gasteiger partial charge in [0.05, 0.1) is 24.4 Å². The summed E-state index contributed by atoms with van der Waals surface area (Å²) in [5, 5.41) is 4.06. The van der Waals surface area contributed by atoms with Gasteiger partial charge >= 0.3 is 5.97 Å². The molecule has 2 aromatic carbocycles. The molecule has 170 valence electrons. The monoisotopic (exact) mass is 469 g/mol. The molecule has 1 fully saturated rings. The van der Waals surface area contributed by atoms with E-state index in [2.05, 4.69) is 34.3 Å². The highest BCUT2D eigenvalue weighted by molar-refractivity contribution is 7.80. The molecule has 0 aliphatic carbocycles. The largest absolute Gasteiger partial charge is 0.465 e. The van der Waals surface area contributed by atoms with Crippen molar-refractivity contribution in [1.82, 2.24) is 10.3 Å². The number of furan rings is 1. The molecule has 1 aliphatic rings. The van der Waals surface area contributed by atoms with Gasteiger partial charge in [0.25, 0.3) is 0 Å². The van der Waals surface area contributed by atoms with E-state index >= 15 is 0 Å². The maximum Gasteiger partial charge on any atom is 0.337 e. The summed E-state index contributed by atoms with van der Waals surface area (Å²) in [7, 11) is 1.37. The summed E-state index contributed by atoms with van der Waals surface area (Å²) in [6.07, 6.45) is 1.78. The number of hydrogen-bond donors (Lipinski definition) is 1. The van der Waals surface area contributed by atoms with Crippen LogP contribution in [-0.4, -0.2) is 23.2 Å². The Morgan fingerprint density at radius 2 is 1.88 bits per heavy atom. The summed E-state index contributed by atoms with van der Waals surface area (Å²) in [4.78, 5) is 18.4. The highest BCUT2D eigenvalue weighted by atomic mass is 32.1. The lowest BCUT2D eigenvalue weighted by atomic mass is 10.0. The molecule has 6 nitrogen and oxygen atoms in total. The second kappa shape index (κ2) is 9.11. The molecule has 5 rings (SSSR count). The number of rotatable bonds is 5. The van der Waals surface area contributed by atoms with Crippen LogP contribution in [-0.2, 0) is 4.74 Å². The first kappa shape index (κ1) is 21.9. The van der Waals surface area contributed by atoms with Gasteiger partial charge in [-0.1, -0.05) is 30.3 Å². The molecule has 0 bridgehead atoms. The number of hydrogen-bond acceptors (Lipinski definition) is 5. The minimum atomic E-state index is -0.371. The average Bonchev–Trinajstić information content (AvgIpc) is 3.49. The average molecular weight is 470 g/mol. The van der Waals surface area contributed by atoms with Gasteiger partial charge in [-0.25, -0.2) is 4.79 Å². The van der Waals surface area contributed by atoms with Crippen LogP contribution >= 0.6 is 12.2 Å². The van der Waals surface area contributed by atoms with Crippen LogP contribution < -0.4 is 10.2 Å². The number of methoxy groups -OCH3 is 1. The summed E-state index contributed by atoms with van der Waals surface area (Å²) in [5.41, 5.74) is 4.37. The number of thiocarbonyl (C=S) groups is 1. The number of aromatic nitrogens is 1. The van der Waals surface area contributed by atoms with Gasteiger partial charge in [-0.3, -0.25) is 4.98 Å². The first-order valence-corrected chi connectivity index (χ1v) is 11.3. The van der Waals surface area contributed by atoms with E-state index in [4.69, 9.17) is 21.4 Å². The maximum absolute atomic E-state index is 11.8. The van der Waals surface area contributed by atoms with Crippen molar-refractivity contribution in [3.05, 3.63) is 108 Å². The zero-order valence-electron chi connectivity index (χ0n) is 18.8. The van der Waals surface area contributed by atoms with Gasteiger partial charge < -0.3 is 19.4 Å². The number of carbonyl (C=O) groups excluding carboxylic acids is 1. The van der Waals surface area contributed by atoms with E-state index in [1.807, 2.05) is 54.6 Å². The number of esters is 1. The first-order valence-electron chi connectivity index (χ1n) is 10.9. The Hall–Kier alpha value is -3.97. The quantitative estimate of drug-likeness (QED) is 0.301. The first-order chi connectivity index (χ1) is 16.5. The van der Waals surface area contributed by atoms with Crippen molar-refractivity contribution < 1.29 is 13.9 Å². The molecule has 0 saturated carbocycles. The van der Waals surface area contributed by atoms with Crippen LogP contribution in [0.3, 0.4) is 0 Å². The third-order valence-electron chi connectivity index (χ3n) is 5.89. The predicted molar refractivity (Wildman–Crippen MR) is 135 cm³/mol. The smallest absolute Gasteiger partial charge is 0.337 e. The van der Waals surface area contributed by atoms with Crippen molar-refractivity contribution in [2.24, 2.45) is 0 Å². The highest BCUT2D eigenvalue weighted by Crippen LogP contribution is 2.43. The van der Waals surface area contributed by atoms with E-state index in [0.29, 0.717) is 16.4 Å². The molecule has 0 spiro atoms. The van der Waals surface area contributed by atoms with E-state index in [1.54, 1.807) is 18.3 Å². The minimum Gasteiger partial charge on any atom is -0.465 e. The van der Waals surface area contributed by atoms with Gasteiger partial charge in [0.15, 0.2) is 5.11 Å². The predicted octanol–water partition coefficient (Wildman–Crippen LogP) is 5.61. The second-order valence-corrected chi connectivity index (χ2v) is 8.49. The summed E-state index contributed by atoms with van der Waals surface area (Å²) in [5.74, 6) is 1.09. The normalized spacial score (nSPS) is 17.5. The van der Waals surface area contributed by atoms with Crippen LogP contribution in [0.2, 0.25) is 0 Å². The second-order valence-electron chi connectivity index (χ2n) is 8.11. The molecule has 1 saturated heterocycles. The number of nitrogens with one attached hydrogen (secondary N) is 1. The Morgan fingerprint density at radius 1 is 1.06 bits per heavy atom. The molecular formula is C27H23N3O3S. The fraction of sp³-hybridized carbons (Fsp3) is 0.148. The molecule has 0 amide bonds. The molecular weight excluding hydrogens is 446 g/mol.